The van der Waals surface area contributed by atoms with E-state index in [0.717, 1.165) is 12.2 Å². The number of nitrogens with zero attached hydrogens (tertiary/aromatic N) is 1. The van der Waals surface area contributed by atoms with E-state index in [4.69, 9.17) is 5.41 Å². The van der Waals surface area contributed by atoms with Crippen LogP contribution in [0.4, 0.5) is 0 Å². The highest BCUT2D eigenvalue weighted by Crippen LogP contribution is 2.51. The van der Waals surface area contributed by atoms with Crippen LogP contribution in [0.1, 0.15) is 26.2 Å². The van der Waals surface area contributed by atoms with Gasteiger partial charge in [0.25, 0.3) is 0 Å². The third kappa shape index (κ3) is 1.19. The van der Waals surface area contributed by atoms with Crippen LogP contribution < -0.4 is 5.32 Å². The van der Waals surface area contributed by atoms with Crippen LogP contribution in [0.2, 0.25) is 0 Å². The van der Waals surface area contributed by atoms with E-state index in [0.29, 0.717) is 17.3 Å². The third-order valence-corrected chi connectivity index (χ3v) is 3.68. The maximum absolute atomic E-state index is 7.63. The first kappa shape index (κ1) is 9.71. The van der Waals surface area contributed by atoms with Gasteiger partial charge in [0.05, 0.1) is 16.9 Å². The van der Waals surface area contributed by atoms with Gasteiger partial charge in [0.1, 0.15) is 0 Å². The average molecular weight is 193 g/mol. The zero-order valence-electron chi connectivity index (χ0n) is 9.06. The summed E-state index contributed by atoms with van der Waals surface area (Å²) in [6, 6.07) is 0.612. The van der Waals surface area contributed by atoms with Crippen molar-refractivity contribution >= 4 is 5.71 Å². The number of nitrogens with one attached hydrogen (secondary N) is 2. The number of allylic oxidation sites excluding steroid dienone is 1. The molecule has 1 aliphatic carbocycles. The summed E-state index contributed by atoms with van der Waals surface area (Å²) in [6.45, 7) is 6.92. The van der Waals surface area contributed by atoms with E-state index in [1.54, 1.807) is 0 Å². The Bertz CT molecular complexity index is 284. The van der Waals surface area contributed by atoms with Gasteiger partial charge in [-0.3, -0.25) is 0 Å². The van der Waals surface area contributed by atoms with Gasteiger partial charge in [-0.1, -0.05) is 6.58 Å². The molecule has 2 aliphatic rings. The summed E-state index contributed by atoms with van der Waals surface area (Å²) >= 11 is 0. The average Bonchev–Trinajstić information content (AvgIpc) is 2.68. The van der Waals surface area contributed by atoms with Crippen molar-refractivity contribution in [1.29, 1.82) is 5.41 Å². The van der Waals surface area contributed by atoms with Crippen molar-refractivity contribution in [2.75, 3.05) is 13.6 Å². The zero-order valence-corrected chi connectivity index (χ0v) is 9.06. The summed E-state index contributed by atoms with van der Waals surface area (Å²) in [5.41, 5.74) is 1.84. The second kappa shape index (κ2) is 3.09. The number of likely N-dealkylation sites (tertiary alicyclic amines) is 1. The molecule has 0 aromatic carbocycles. The monoisotopic (exact) mass is 193 g/mol. The minimum Gasteiger partial charge on any atom is -0.363 e. The Morgan fingerprint density at radius 2 is 2.36 bits per heavy atom. The lowest BCUT2D eigenvalue weighted by molar-refractivity contribution is 0.300. The summed E-state index contributed by atoms with van der Waals surface area (Å²) < 4.78 is 0. The van der Waals surface area contributed by atoms with Crippen molar-refractivity contribution in [3.05, 3.63) is 12.3 Å². The first-order valence-electron chi connectivity index (χ1n) is 5.31. The van der Waals surface area contributed by atoms with Gasteiger partial charge in [-0.2, -0.15) is 0 Å². The van der Waals surface area contributed by atoms with E-state index in [1.807, 2.05) is 14.0 Å². The van der Waals surface area contributed by atoms with Crippen LogP contribution in [-0.4, -0.2) is 35.8 Å². The Morgan fingerprint density at radius 3 is 2.86 bits per heavy atom. The molecule has 0 radical (unpaired) electrons. The van der Waals surface area contributed by atoms with Crippen LogP contribution in [-0.2, 0) is 0 Å². The summed E-state index contributed by atoms with van der Waals surface area (Å²) in [7, 11) is 2.02. The van der Waals surface area contributed by atoms with Gasteiger partial charge in [0, 0.05) is 12.6 Å². The summed E-state index contributed by atoms with van der Waals surface area (Å²) in [4.78, 5) is 2.34. The molecule has 0 bridgehead atoms. The number of hydrogen-bond donors (Lipinski definition) is 2. The molecule has 1 aliphatic heterocycles. The van der Waals surface area contributed by atoms with Crippen molar-refractivity contribution < 1.29 is 0 Å². The number of hydrogen-bond acceptors (Lipinski definition) is 3. The van der Waals surface area contributed by atoms with Crippen LogP contribution >= 0.6 is 0 Å². The van der Waals surface area contributed by atoms with Crippen molar-refractivity contribution in [1.82, 2.24) is 10.2 Å². The molecule has 1 spiro atoms. The lowest BCUT2D eigenvalue weighted by Crippen LogP contribution is -2.38. The van der Waals surface area contributed by atoms with Gasteiger partial charge in [0.15, 0.2) is 0 Å². The zero-order chi connectivity index (χ0) is 10.3. The molecule has 3 heteroatoms. The number of likely N-dealkylation sites (N-methyl/N-ethyl adjacent to an activating group) is 1. The van der Waals surface area contributed by atoms with Crippen molar-refractivity contribution in [3.8, 4) is 0 Å². The third-order valence-electron chi connectivity index (χ3n) is 3.68. The second-order valence-corrected chi connectivity index (χ2v) is 4.48. The molecular weight excluding hydrogens is 174 g/mol. The standard InChI is InChI=1S/C11H19N3/c1-8(12)9(2)14-6-4-5-11(14)7-10(11)13-3/h10,12-13H,2,4-7H2,1,3H3/t10-,11+/m1/s1. The van der Waals surface area contributed by atoms with Crippen molar-refractivity contribution in [3.63, 3.8) is 0 Å². The fourth-order valence-corrected chi connectivity index (χ4v) is 2.75. The fraction of sp³-hybridized carbons (Fsp3) is 0.727. The van der Waals surface area contributed by atoms with Gasteiger partial charge in [-0.15, -0.1) is 0 Å². The minimum atomic E-state index is 0.314. The Hall–Kier alpha value is -0.830. The van der Waals surface area contributed by atoms with Crippen LogP contribution in [0, 0.1) is 5.41 Å². The first-order valence-corrected chi connectivity index (χ1v) is 5.31. The molecule has 2 N–H and O–H groups in total. The quantitative estimate of drug-likeness (QED) is 0.664. The molecule has 3 nitrogen and oxygen atoms in total. The van der Waals surface area contributed by atoms with E-state index in [9.17, 15) is 0 Å². The Balaban J connectivity index is 2.13. The second-order valence-electron chi connectivity index (χ2n) is 4.48. The highest BCUT2D eigenvalue weighted by Gasteiger charge is 2.59. The van der Waals surface area contributed by atoms with E-state index >= 15 is 0 Å². The molecule has 2 atom stereocenters. The van der Waals surface area contributed by atoms with Gasteiger partial charge in [-0.05, 0) is 33.2 Å². The van der Waals surface area contributed by atoms with Crippen LogP contribution in [0.3, 0.4) is 0 Å². The summed E-state index contributed by atoms with van der Waals surface area (Å²) in [5, 5.41) is 11.0. The molecule has 1 saturated carbocycles. The topological polar surface area (TPSA) is 39.1 Å². The molecule has 14 heavy (non-hydrogen) atoms. The SMILES string of the molecule is C=C(C(C)=N)N1CCC[C@@]12C[C@H]2NC. The molecule has 78 valence electrons. The minimum absolute atomic E-state index is 0.314. The summed E-state index contributed by atoms with van der Waals surface area (Å²) in [5.74, 6) is 0. The van der Waals surface area contributed by atoms with Crippen molar-refractivity contribution in [2.45, 2.75) is 37.8 Å². The van der Waals surface area contributed by atoms with Gasteiger partial charge in [0.2, 0.25) is 0 Å². The lowest BCUT2D eigenvalue weighted by Gasteiger charge is -2.29. The smallest absolute Gasteiger partial charge is 0.0572 e. The highest BCUT2D eigenvalue weighted by atomic mass is 15.3. The maximum atomic E-state index is 7.63. The normalized spacial score (nSPS) is 35.0. The molecule has 2 fully saturated rings. The molecule has 1 heterocycles. The van der Waals surface area contributed by atoms with Crippen LogP contribution in [0.15, 0.2) is 12.3 Å². The summed E-state index contributed by atoms with van der Waals surface area (Å²) in [6.07, 6.45) is 3.71. The van der Waals surface area contributed by atoms with E-state index in [1.165, 1.54) is 19.3 Å². The van der Waals surface area contributed by atoms with Gasteiger partial charge >= 0.3 is 0 Å². The largest absolute Gasteiger partial charge is 0.363 e. The van der Waals surface area contributed by atoms with Crippen LogP contribution in [0.25, 0.3) is 0 Å². The maximum Gasteiger partial charge on any atom is 0.0572 e. The number of rotatable bonds is 3. The highest BCUT2D eigenvalue weighted by molar-refractivity contribution is 5.94. The van der Waals surface area contributed by atoms with Crippen LogP contribution in [0.5, 0.6) is 0 Å². The molecule has 2 rings (SSSR count). The predicted molar refractivity (Wildman–Crippen MR) is 58.7 cm³/mol. The fourth-order valence-electron chi connectivity index (χ4n) is 2.75. The van der Waals surface area contributed by atoms with E-state index < -0.39 is 0 Å². The van der Waals surface area contributed by atoms with E-state index in [2.05, 4.69) is 16.8 Å². The van der Waals surface area contributed by atoms with E-state index in [-0.39, 0.29) is 0 Å². The first-order chi connectivity index (χ1) is 6.62. The van der Waals surface area contributed by atoms with Crippen molar-refractivity contribution in [2.24, 2.45) is 0 Å². The van der Waals surface area contributed by atoms with Gasteiger partial charge in [-0.25, -0.2) is 0 Å². The van der Waals surface area contributed by atoms with Gasteiger partial charge < -0.3 is 15.6 Å². The molecular formula is C11H19N3. The molecule has 0 amide bonds. The molecule has 0 aromatic rings. The Kier molecular flexibility index (Phi) is 2.14. The Labute approximate surface area is 85.7 Å². The Morgan fingerprint density at radius 1 is 1.64 bits per heavy atom. The molecule has 0 unspecified atom stereocenters. The molecule has 1 saturated heterocycles. The molecule has 0 aromatic heterocycles. The lowest BCUT2D eigenvalue weighted by atomic mass is 10.1. The predicted octanol–water partition coefficient (Wildman–Crippen LogP) is 1.37.